The number of rotatable bonds is 4. The molecule has 1 N–H and O–H groups in total. The van der Waals surface area contributed by atoms with Crippen molar-refractivity contribution in [2.45, 2.75) is 0 Å². The average Bonchev–Trinajstić information content (AvgIpc) is 2.30. The molecule has 102 valence electrons. The number of halogens is 2. The van der Waals surface area contributed by atoms with E-state index in [-0.39, 0.29) is 15.6 Å². The first kappa shape index (κ1) is 15.2. The van der Waals surface area contributed by atoms with E-state index in [2.05, 4.69) is 0 Å². The highest BCUT2D eigenvalue weighted by Gasteiger charge is 2.22. The fourth-order valence-corrected chi connectivity index (χ4v) is 1.72. The van der Waals surface area contributed by atoms with E-state index in [0.717, 1.165) is 17.0 Å². The van der Waals surface area contributed by atoms with Gasteiger partial charge in [0.15, 0.2) is 0 Å². The Bertz CT molecular complexity index is 561. The highest BCUT2D eigenvalue weighted by atomic mass is 35.5. The van der Waals surface area contributed by atoms with Gasteiger partial charge in [-0.2, -0.15) is 0 Å². The first-order valence-electron chi connectivity index (χ1n) is 4.84. The standard InChI is InChI=1S/C10H8Cl2N2O5/c1-13(4-8(15)16)10(17)5-2-6(11)9(12)7(3-5)14(18)19/h2-3H,4H2,1H3,(H,15,16). The fraction of sp³-hybridized carbons (Fsp3) is 0.200. The second kappa shape index (κ2) is 5.85. The van der Waals surface area contributed by atoms with Crippen molar-refractivity contribution < 1.29 is 19.6 Å². The maximum Gasteiger partial charge on any atom is 0.323 e. The molecule has 0 aromatic heterocycles. The topological polar surface area (TPSA) is 101 Å². The third kappa shape index (κ3) is 3.55. The number of carbonyl (C=O) groups excluding carboxylic acids is 1. The fourth-order valence-electron chi connectivity index (χ4n) is 1.33. The number of amides is 1. The summed E-state index contributed by atoms with van der Waals surface area (Å²) in [6.07, 6.45) is 0. The Balaban J connectivity index is 3.18. The van der Waals surface area contributed by atoms with Crippen LogP contribution in [0.1, 0.15) is 10.4 Å². The van der Waals surface area contributed by atoms with Gasteiger partial charge in [-0.25, -0.2) is 0 Å². The number of nitrogens with zero attached hydrogens (tertiary/aromatic N) is 2. The van der Waals surface area contributed by atoms with E-state index in [4.69, 9.17) is 28.3 Å². The normalized spacial score (nSPS) is 10.1. The van der Waals surface area contributed by atoms with Gasteiger partial charge in [0, 0.05) is 18.7 Å². The lowest BCUT2D eigenvalue weighted by Gasteiger charge is -2.14. The first-order valence-corrected chi connectivity index (χ1v) is 5.60. The first-order chi connectivity index (χ1) is 8.73. The molecule has 0 fully saturated rings. The van der Waals surface area contributed by atoms with Gasteiger partial charge in [-0.05, 0) is 6.07 Å². The van der Waals surface area contributed by atoms with Crippen molar-refractivity contribution in [2.24, 2.45) is 0 Å². The van der Waals surface area contributed by atoms with Crippen LogP contribution in [0.25, 0.3) is 0 Å². The van der Waals surface area contributed by atoms with Gasteiger partial charge in [0.05, 0.1) is 9.95 Å². The number of benzene rings is 1. The van der Waals surface area contributed by atoms with Crippen LogP contribution in [0.3, 0.4) is 0 Å². The summed E-state index contributed by atoms with van der Waals surface area (Å²) in [5.74, 6) is -1.91. The zero-order chi connectivity index (χ0) is 14.7. The second-order valence-corrected chi connectivity index (χ2v) is 4.39. The van der Waals surface area contributed by atoms with Gasteiger partial charge >= 0.3 is 5.97 Å². The molecule has 0 spiro atoms. The molecule has 19 heavy (non-hydrogen) atoms. The molecule has 1 aromatic carbocycles. The number of hydrogen-bond acceptors (Lipinski definition) is 4. The molecule has 9 heteroatoms. The van der Waals surface area contributed by atoms with Crippen LogP contribution in [0.5, 0.6) is 0 Å². The van der Waals surface area contributed by atoms with Gasteiger partial charge in [0.1, 0.15) is 11.6 Å². The van der Waals surface area contributed by atoms with Crippen LogP contribution in [0.15, 0.2) is 12.1 Å². The smallest absolute Gasteiger partial charge is 0.323 e. The molecule has 0 aliphatic rings. The number of carboxylic acids is 1. The predicted octanol–water partition coefficient (Wildman–Crippen LogP) is 2.06. The number of likely N-dealkylation sites (N-methyl/N-ethyl adjacent to an activating group) is 1. The Morgan fingerprint density at radius 3 is 2.47 bits per heavy atom. The molecule has 0 saturated heterocycles. The maximum atomic E-state index is 11.9. The van der Waals surface area contributed by atoms with E-state index >= 15 is 0 Å². The SMILES string of the molecule is CN(CC(=O)O)C(=O)c1cc(Cl)c(Cl)c([N+](=O)[O-])c1. The Labute approximate surface area is 117 Å². The average molecular weight is 307 g/mol. The van der Waals surface area contributed by atoms with E-state index in [0.29, 0.717) is 0 Å². The van der Waals surface area contributed by atoms with Crippen LogP contribution in [-0.2, 0) is 4.79 Å². The van der Waals surface area contributed by atoms with Crippen molar-refractivity contribution in [2.75, 3.05) is 13.6 Å². The van der Waals surface area contributed by atoms with E-state index in [1.165, 1.54) is 7.05 Å². The van der Waals surface area contributed by atoms with Crippen LogP contribution in [0.4, 0.5) is 5.69 Å². The lowest BCUT2D eigenvalue weighted by Crippen LogP contribution is -2.31. The summed E-state index contributed by atoms with van der Waals surface area (Å²) in [6.45, 7) is -0.535. The van der Waals surface area contributed by atoms with Gasteiger partial charge in [0.2, 0.25) is 0 Å². The molecule has 1 aromatic rings. The minimum Gasteiger partial charge on any atom is -0.480 e. The minimum atomic E-state index is -1.20. The molecule has 0 aliphatic heterocycles. The summed E-state index contributed by atoms with van der Waals surface area (Å²) in [7, 11) is 1.25. The number of aliphatic carboxylic acids is 1. The molecule has 0 unspecified atom stereocenters. The Hall–Kier alpha value is -1.86. The van der Waals surface area contributed by atoms with E-state index in [1.807, 2.05) is 0 Å². The molecular formula is C10H8Cl2N2O5. The van der Waals surface area contributed by atoms with Crippen molar-refractivity contribution >= 4 is 40.8 Å². The quantitative estimate of drug-likeness (QED) is 0.677. The van der Waals surface area contributed by atoms with Crippen molar-refractivity contribution in [3.63, 3.8) is 0 Å². The van der Waals surface area contributed by atoms with Crippen LogP contribution >= 0.6 is 23.2 Å². The molecule has 7 nitrogen and oxygen atoms in total. The zero-order valence-corrected chi connectivity index (χ0v) is 11.1. The number of nitro benzene ring substituents is 1. The van der Waals surface area contributed by atoms with Crippen molar-refractivity contribution in [1.82, 2.24) is 4.90 Å². The monoisotopic (exact) mass is 306 g/mol. The van der Waals surface area contributed by atoms with Gasteiger partial charge in [-0.3, -0.25) is 19.7 Å². The highest BCUT2D eigenvalue weighted by Crippen LogP contribution is 2.33. The Morgan fingerprint density at radius 2 is 2.00 bits per heavy atom. The summed E-state index contributed by atoms with van der Waals surface area (Å²) in [5, 5.41) is 18.9. The molecule has 0 radical (unpaired) electrons. The molecule has 1 rings (SSSR count). The van der Waals surface area contributed by atoms with E-state index in [9.17, 15) is 19.7 Å². The summed E-state index contributed by atoms with van der Waals surface area (Å²) in [4.78, 5) is 33.2. The van der Waals surface area contributed by atoms with Gasteiger partial charge in [-0.15, -0.1) is 0 Å². The van der Waals surface area contributed by atoms with Gasteiger partial charge < -0.3 is 10.0 Å². The van der Waals surface area contributed by atoms with Crippen LogP contribution in [0, 0.1) is 10.1 Å². The maximum absolute atomic E-state index is 11.9. The summed E-state index contributed by atoms with van der Waals surface area (Å²) >= 11 is 11.3. The number of nitro groups is 1. The van der Waals surface area contributed by atoms with Crippen molar-refractivity contribution in [1.29, 1.82) is 0 Å². The largest absolute Gasteiger partial charge is 0.480 e. The van der Waals surface area contributed by atoms with Crippen LogP contribution in [0.2, 0.25) is 10.0 Å². The van der Waals surface area contributed by atoms with Crippen molar-refractivity contribution in [3.05, 3.63) is 37.9 Å². The third-order valence-corrected chi connectivity index (χ3v) is 2.96. The molecule has 0 atom stereocenters. The number of carboxylic acid groups (broad SMARTS) is 1. The zero-order valence-electron chi connectivity index (χ0n) is 9.59. The summed E-state index contributed by atoms with van der Waals surface area (Å²) in [5.41, 5.74) is -0.619. The lowest BCUT2D eigenvalue weighted by molar-refractivity contribution is -0.384. The summed E-state index contributed by atoms with van der Waals surface area (Å²) < 4.78 is 0. The van der Waals surface area contributed by atoms with E-state index in [1.54, 1.807) is 0 Å². The molecule has 0 heterocycles. The lowest BCUT2D eigenvalue weighted by atomic mass is 10.1. The minimum absolute atomic E-state index is 0.107. The van der Waals surface area contributed by atoms with Crippen LogP contribution in [-0.4, -0.2) is 40.4 Å². The van der Waals surface area contributed by atoms with Gasteiger partial charge in [0.25, 0.3) is 11.6 Å². The van der Waals surface area contributed by atoms with Crippen molar-refractivity contribution in [3.8, 4) is 0 Å². The molecule has 1 amide bonds. The number of hydrogen-bond donors (Lipinski definition) is 1. The molecule has 0 saturated carbocycles. The third-order valence-electron chi connectivity index (χ3n) is 2.17. The van der Waals surface area contributed by atoms with Gasteiger partial charge in [-0.1, -0.05) is 23.2 Å². The van der Waals surface area contributed by atoms with Crippen LogP contribution < -0.4 is 0 Å². The predicted molar refractivity (Wildman–Crippen MR) is 67.7 cm³/mol. The molecule has 0 aliphatic carbocycles. The summed E-state index contributed by atoms with van der Waals surface area (Å²) in [6, 6.07) is 2.10. The Morgan fingerprint density at radius 1 is 1.42 bits per heavy atom. The number of carbonyl (C=O) groups is 2. The Kier molecular flexibility index (Phi) is 4.68. The molecule has 0 bridgehead atoms. The van der Waals surface area contributed by atoms with E-state index < -0.39 is 29.0 Å². The second-order valence-electron chi connectivity index (χ2n) is 3.60. The highest BCUT2D eigenvalue weighted by molar-refractivity contribution is 6.43. The molecular weight excluding hydrogens is 299 g/mol.